The van der Waals surface area contributed by atoms with E-state index in [9.17, 15) is 14.6 Å². The smallest absolute Gasteiger partial charge is 0.138 e. The summed E-state index contributed by atoms with van der Waals surface area (Å²) in [7, 11) is 0. The van der Waals surface area contributed by atoms with E-state index in [4.69, 9.17) is 9.47 Å². The Labute approximate surface area is 159 Å². The molecule has 1 heterocycles. The van der Waals surface area contributed by atoms with Gasteiger partial charge in [0.2, 0.25) is 0 Å². The average Bonchev–Trinajstić information content (AvgIpc) is 2.93. The predicted octanol–water partition coefficient (Wildman–Crippen LogP) is 2.60. The van der Waals surface area contributed by atoms with Crippen molar-refractivity contribution in [2.24, 2.45) is 0 Å². The van der Waals surface area contributed by atoms with Gasteiger partial charge in [-0.1, -0.05) is 18.2 Å². The van der Waals surface area contributed by atoms with Crippen molar-refractivity contribution in [2.75, 3.05) is 19.7 Å². The molecule has 5 nitrogen and oxygen atoms in total. The summed E-state index contributed by atoms with van der Waals surface area (Å²) in [6.07, 6.45) is -1.01. The number of nitrogens with zero attached hydrogens (tertiary/aromatic N) is 1. The number of halogens is 1. The molecular weight excluding hydrogens is 349 g/mol. The molecule has 3 rings (SSSR count). The molecule has 0 amide bonds. The van der Waals surface area contributed by atoms with E-state index in [0.717, 1.165) is 5.56 Å². The van der Waals surface area contributed by atoms with Gasteiger partial charge in [-0.3, -0.25) is 4.90 Å². The number of likely N-dealkylation sites (tertiary alicyclic amines) is 1. The molecular formula is C21H26FNO4. The third-order valence-electron chi connectivity index (χ3n) is 4.32. The number of β-amino-alcohol motifs (C(OH)–C–C–N with tert-alkyl or cyclic N) is 1. The Kier molecular flexibility index (Phi) is 5.99. The van der Waals surface area contributed by atoms with Gasteiger partial charge >= 0.3 is 0 Å². The minimum Gasteiger partial charge on any atom is -0.491 e. The molecule has 2 N–H and O–H groups in total. The second kappa shape index (κ2) is 8.25. The highest BCUT2D eigenvalue weighted by atomic mass is 19.1. The Morgan fingerprint density at radius 2 is 1.85 bits per heavy atom. The maximum absolute atomic E-state index is 13.3. The van der Waals surface area contributed by atoms with E-state index in [0.29, 0.717) is 31.1 Å². The van der Waals surface area contributed by atoms with Crippen LogP contribution in [-0.4, -0.2) is 52.6 Å². The van der Waals surface area contributed by atoms with E-state index in [1.165, 1.54) is 12.1 Å². The predicted molar refractivity (Wildman–Crippen MR) is 100 cm³/mol. The number of rotatable bonds is 7. The summed E-state index contributed by atoms with van der Waals surface area (Å²) < 4.78 is 24.6. The molecule has 0 saturated carbocycles. The fourth-order valence-electron chi connectivity index (χ4n) is 3.00. The van der Waals surface area contributed by atoms with Gasteiger partial charge in [-0.2, -0.15) is 0 Å². The maximum atomic E-state index is 13.3. The highest BCUT2D eigenvalue weighted by Crippen LogP contribution is 2.22. The van der Waals surface area contributed by atoms with Crippen molar-refractivity contribution in [3.8, 4) is 11.5 Å². The number of aliphatic hydroxyl groups excluding tert-OH is 1. The van der Waals surface area contributed by atoms with E-state index in [1.54, 1.807) is 26.0 Å². The first kappa shape index (κ1) is 19.6. The van der Waals surface area contributed by atoms with Gasteiger partial charge in [0.25, 0.3) is 0 Å². The highest BCUT2D eigenvalue weighted by Gasteiger charge is 2.33. The van der Waals surface area contributed by atoms with E-state index < -0.39 is 11.7 Å². The molecule has 2 aromatic carbocycles. The van der Waals surface area contributed by atoms with Crippen LogP contribution in [-0.2, 0) is 6.54 Å². The molecule has 1 saturated heterocycles. The van der Waals surface area contributed by atoms with Gasteiger partial charge in [-0.15, -0.1) is 0 Å². The van der Waals surface area contributed by atoms with Crippen LogP contribution in [0.5, 0.6) is 11.5 Å². The highest BCUT2D eigenvalue weighted by molar-refractivity contribution is 5.27. The molecule has 0 radical (unpaired) electrons. The van der Waals surface area contributed by atoms with Gasteiger partial charge in [-0.05, 0) is 43.7 Å². The zero-order valence-electron chi connectivity index (χ0n) is 15.6. The van der Waals surface area contributed by atoms with Crippen LogP contribution in [0, 0.1) is 5.82 Å². The zero-order chi connectivity index (χ0) is 19.4. The van der Waals surface area contributed by atoms with Gasteiger partial charge in [0.05, 0.1) is 5.60 Å². The van der Waals surface area contributed by atoms with Crippen LogP contribution in [0.25, 0.3) is 0 Å². The zero-order valence-corrected chi connectivity index (χ0v) is 15.6. The van der Waals surface area contributed by atoms with Crippen LogP contribution in [0.4, 0.5) is 4.39 Å². The monoisotopic (exact) mass is 375 g/mol. The molecule has 146 valence electrons. The molecule has 1 fully saturated rings. The normalized spacial score (nSPS) is 20.6. The number of hydrogen-bond acceptors (Lipinski definition) is 5. The average molecular weight is 375 g/mol. The van der Waals surface area contributed by atoms with E-state index >= 15 is 0 Å². The van der Waals surface area contributed by atoms with E-state index in [-0.39, 0.29) is 18.5 Å². The lowest BCUT2D eigenvalue weighted by Crippen LogP contribution is -2.29. The van der Waals surface area contributed by atoms with Gasteiger partial charge in [0.1, 0.15) is 36.1 Å². The molecule has 6 heteroatoms. The largest absolute Gasteiger partial charge is 0.491 e. The van der Waals surface area contributed by atoms with Crippen molar-refractivity contribution in [3.05, 3.63) is 59.9 Å². The standard InChI is InChI=1S/C21H26FNO4/c1-21(2,25)14-26-17-8-6-15(7-9-17)11-23-12-19(24)20(13-23)27-18-5-3-4-16(22)10-18/h3-10,19-20,24-25H,11-14H2,1-2H3/t19-,20-/m1/s1. The summed E-state index contributed by atoms with van der Waals surface area (Å²) >= 11 is 0. The third kappa shape index (κ3) is 5.92. The van der Waals surface area contributed by atoms with Crippen molar-refractivity contribution < 1.29 is 24.1 Å². The Hall–Kier alpha value is -2.15. The minimum atomic E-state index is -0.874. The Balaban J connectivity index is 1.52. The number of benzene rings is 2. The van der Waals surface area contributed by atoms with Crippen LogP contribution in [0.15, 0.2) is 48.5 Å². The second-order valence-electron chi connectivity index (χ2n) is 7.62. The Morgan fingerprint density at radius 1 is 1.11 bits per heavy atom. The molecule has 0 aliphatic carbocycles. The lowest BCUT2D eigenvalue weighted by molar-refractivity contribution is 0.0285. The summed E-state index contributed by atoms with van der Waals surface area (Å²) in [6.45, 7) is 5.35. The number of hydrogen-bond donors (Lipinski definition) is 2. The first-order chi connectivity index (χ1) is 12.8. The summed E-state index contributed by atoms with van der Waals surface area (Å²) in [6, 6.07) is 13.6. The molecule has 1 aliphatic heterocycles. The van der Waals surface area contributed by atoms with Crippen LogP contribution in [0.1, 0.15) is 19.4 Å². The second-order valence-corrected chi connectivity index (χ2v) is 7.62. The lowest BCUT2D eigenvalue weighted by Gasteiger charge is -2.19. The van der Waals surface area contributed by atoms with Crippen molar-refractivity contribution in [2.45, 2.75) is 38.2 Å². The molecule has 2 atom stereocenters. The Bertz CT molecular complexity index is 745. The van der Waals surface area contributed by atoms with Crippen LogP contribution < -0.4 is 9.47 Å². The molecule has 0 spiro atoms. The molecule has 2 aromatic rings. The van der Waals surface area contributed by atoms with Gasteiger partial charge in [-0.25, -0.2) is 4.39 Å². The van der Waals surface area contributed by atoms with Gasteiger partial charge < -0.3 is 19.7 Å². The van der Waals surface area contributed by atoms with Crippen LogP contribution in [0.3, 0.4) is 0 Å². The molecule has 0 bridgehead atoms. The van der Waals surface area contributed by atoms with Crippen molar-refractivity contribution >= 4 is 0 Å². The summed E-state index contributed by atoms with van der Waals surface area (Å²) in [5, 5.41) is 20.0. The van der Waals surface area contributed by atoms with Gasteiger partial charge in [0.15, 0.2) is 0 Å². The van der Waals surface area contributed by atoms with Crippen LogP contribution >= 0.6 is 0 Å². The lowest BCUT2D eigenvalue weighted by atomic mass is 10.1. The van der Waals surface area contributed by atoms with Crippen molar-refractivity contribution in [3.63, 3.8) is 0 Å². The maximum Gasteiger partial charge on any atom is 0.138 e. The number of ether oxygens (including phenoxy) is 2. The topological polar surface area (TPSA) is 62.2 Å². The summed E-state index contributed by atoms with van der Waals surface area (Å²) in [5.41, 5.74) is 0.213. The molecule has 0 unspecified atom stereocenters. The minimum absolute atomic E-state index is 0.226. The van der Waals surface area contributed by atoms with Gasteiger partial charge in [0, 0.05) is 25.7 Å². The quantitative estimate of drug-likeness (QED) is 0.779. The fourth-order valence-corrected chi connectivity index (χ4v) is 3.00. The third-order valence-corrected chi connectivity index (χ3v) is 4.32. The van der Waals surface area contributed by atoms with Crippen LogP contribution in [0.2, 0.25) is 0 Å². The first-order valence-corrected chi connectivity index (χ1v) is 9.05. The van der Waals surface area contributed by atoms with E-state index in [1.807, 2.05) is 24.3 Å². The summed E-state index contributed by atoms with van der Waals surface area (Å²) in [4.78, 5) is 2.10. The van der Waals surface area contributed by atoms with Crippen molar-refractivity contribution in [1.29, 1.82) is 0 Å². The van der Waals surface area contributed by atoms with Crippen molar-refractivity contribution in [1.82, 2.24) is 4.90 Å². The summed E-state index contributed by atoms with van der Waals surface area (Å²) in [5.74, 6) is 0.771. The molecule has 1 aliphatic rings. The van der Waals surface area contributed by atoms with E-state index in [2.05, 4.69) is 4.90 Å². The number of aliphatic hydroxyl groups is 2. The Morgan fingerprint density at radius 3 is 2.52 bits per heavy atom. The molecule has 27 heavy (non-hydrogen) atoms. The fraction of sp³-hybridized carbons (Fsp3) is 0.429. The SMILES string of the molecule is CC(C)(O)COc1ccc(CN2C[C@@H](O)[C@H](Oc3cccc(F)c3)C2)cc1. The molecule has 0 aromatic heterocycles. The first-order valence-electron chi connectivity index (χ1n) is 9.05.